The summed E-state index contributed by atoms with van der Waals surface area (Å²) in [4.78, 5) is 33.0. The van der Waals surface area contributed by atoms with E-state index in [1.807, 2.05) is 0 Å². The van der Waals surface area contributed by atoms with Gasteiger partial charge in [0, 0.05) is 24.1 Å². The number of carbonyl (C=O) groups excluding carboxylic acids is 2. The second-order valence-corrected chi connectivity index (χ2v) is 3.68. The van der Waals surface area contributed by atoms with Gasteiger partial charge in [-0.3, -0.25) is 19.7 Å². The topological polar surface area (TPSA) is 86.5 Å². The first kappa shape index (κ1) is 11.3. The number of rotatable bonds is 3. The zero-order valence-electron chi connectivity index (χ0n) is 8.79. The molecule has 0 N–H and O–H groups in total. The van der Waals surface area contributed by atoms with E-state index in [2.05, 4.69) is 0 Å². The lowest BCUT2D eigenvalue weighted by Crippen LogP contribution is -2.19. The molecule has 1 saturated heterocycles. The molecule has 0 aromatic heterocycles. The van der Waals surface area contributed by atoms with Crippen LogP contribution < -0.4 is 0 Å². The Kier molecular flexibility index (Phi) is 2.86. The second-order valence-electron chi connectivity index (χ2n) is 3.68. The van der Waals surface area contributed by atoms with Crippen LogP contribution in [0.15, 0.2) is 24.3 Å². The molecule has 2 rings (SSSR count). The minimum atomic E-state index is -0.767. The summed E-state index contributed by atoms with van der Waals surface area (Å²) in [6.45, 7) is 0.252. The SMILES string of the molecule is O=C1OCCC1C(=O)c1ccc([N+](=O)[O-])cc1. The van der Waals surface area contributed by atoms with Gasteiger partial charge in [-0.2, -0.15) is 0 Å². The first-order valence-electron chi connectivity index (χ1n) is 5.05. The van der Waals surface area contributed by atoms with E-state index in [0.717, 1.165) is 0 Å². The van der Waals surface area contributed by atoms with Gasteiger partial charge < -0.3 is 4.74 Å². The summed E-state index contributed by atoms with van der Waals surface area (Å²) in [6.07, 6.45) is 0.370. The second kappa shape index (κ2) is 4.32. The Labute approximate surface area is 96.3 Å². The van der Waals surface area contributed by atoms with Gasteiger partial charge in [-0.05, 0) is 12.1 Å². The maximum Gasteiger partial charge on any atom is 0.316 e. The molecule has 1 aromatic carbocycles. The number of nitro benzene ring substituents is 1. The molecule has 1 atom stereocenters. The monoisotopic (exact) mass is 235 g/mol. The van der Waals surface area contributed by atoms with E-state index in [9.17, 15) is 19.7 Å². The van der Waals surface area contributed by atoms with Crippen LogP contribution >= 0.6 is 0 Å². The van der Waals surface area contributed by atoms with Crippen LogP contribution in [-0.2, 0) is 9.53 Å². The van der Waals surface area contributed by atoms with E-state index in [-0.39, 0.29) is 18.1 Å². The van der Waals surface area contributed by atoms with Gasteiger partial charge in [0.25, 0.3) is 5.69 Å². The van der Waals surface area contributed by atoms with Crippen molar-refractivity contribution in [2.24, 2.45) is 5.92 Å². The van der Waals surface area contributed by atoms with Crippen LogP contribution in [0.25, 0.3) is 0 Å². The molecule has 1 aromatic rings. The number of hydrogen-bond acceptors (Lipinski definition) is 5. The van der Waals surface area contributed by atoms with Crippen LogP contribution in [0, 0.1) is 16.0 Å². The molecular weight excluding hydrogens is 226 g/mol. The zero-order valence-corrected chi connectivity index (χ0v) is 8.79. The number of ether oxygens (including phenoxy) is 1. The lowest BCUT2D eigenvalue weighted by molar-refractivity contribution is -0.384. The molecule has 6 heteroatoms. The largest absolute Gasteiger partial charge is 0.465 e. The predicted molar refractivity (Wildman–Crippen MR) is 56.5 cm³/mol. The van der Waals surface area contributed by atoms with Crippen molar-refractivity contribution in [3.8, 4) is 0 Å². The lowest BCUT2D eigenvalue weighted by atomic mass is 9.96. The minimum Gasteiger partial charge on any atom is -0.465 e. The number of hydrogen-bond donors (Lipinski definition) is 0. The fourth-order valence-electron chi connectivity index (χ4n) is 1.68. The highest BCUT2D eigenvalue weighted by Gasteiger charge is 2.33. The van der Waals surface area contributed by atoms with E-state index in [1.165, 1.54) is 24.3 Å². The maximum absolute atomic E-state index is 11.9. The number of Topliss-reactive ketones (excluding diaryl/α,β-unsaturated/α-hetero) is 1. The van der Waals surface area contributed by atoms with E-state index in [1.54, 1.807) is 0 Å². The van der Waals surface area contributed by atoms with Crippen molar-refractivity contribution >= 4 is 17.4 Å². The molecule has 0 aliphatic carbocycles. The van der Waals surface area contributed by atoms with Crippen molar-refractivity contribution in [2.45, 2.75) is 6.42 Å². The van der Waals surface area contributed by atoms with Gasteiger partial charge in [0.15, 0.2) is 5.78 Å². The van der Waals surface area contributed by atoms with Gasteiger partial charge in [0.1, 0.15) is 5.92 Å². The predicted octanol–water partition coefficient (Wildman–Crippen LogP) is 1.34. The average molecular weight is 235 g/mol. The van der Waals surface area contributed by atoms with Gasteiger partial charge in [0.2, 0.25) is 0 Å². The molecule has 88 valence electrons. The maximum atomic E-state index is 11.9. The summed E-state index contributed by atoms with van der Waals surface area (Å²) >= 11 is 0. The first-order chi connectivity index (χ1) is 8.09. The third-order valence-corrected chi connectivity index (χ3v) is 2.61. The van der Waals surface area contributed by atoms with Crippen molar-refractivity contribution in [1.29, 1.82) is 0 Å². The Morgan fingerprint density at radius 1 is 1.35 bits per heavy atom. The Morgan fingerprint density at radius 3 is 2.47 bits per heavy atom. The number of non-ortho nitro benzene ring substituents is 1. The van der Waals surface area contributed by atoms with Crippen LogP contribution in [0.2, 0.25) is 0 Å². The standard InChI is InChI=1S/C11H9NO5/c13-10(9-5-6-17-11(9)14)7-1-3-8(4-2-7)12(15)16/h1-4,9H,5-6H2. The minimum absolute atomic E-state index is 0.0875. The first-order valence-corrected chi connectivity index (χ1v) is 5.05. The number of nitro groups is 1. The molecule has 0 bridgehead atoms. The highest BCUT2D eigenvalue weighted by molar-refractivity contribution is 6.09. The lowest BCUT2D eigenvalue weighted by Gasteiger charge is -2.04. The number of cyclic esters (lactones) is 1. The zero-order chi connectivity index (χ0) is 12.4. The van der Waals surface area contributed by atoms with Crippen molar-refractivity contribution in [2.75, 3.05) is 6.61 Å². The Bertz CT molecular complexity index is 479. The molecule has 1 aliphatic rings. The Balaban J connectivity index is 2.20. The summed E-state index contributed by atoms with van der Waals surface area (Å²) in [5.74, 6) is -1.63. The number of ketones is 1. The number of nitrogens with zero attached hydrogens (tertiary/aromatic N) is 1. The van der Waals surface area contributed by atoms with E-state index < -0.39 is 16.8 Å². The van der Waals surface area contributed by atoms with Gasteiger partial charge in [-0.15, -0.1) is 0 Å². The van der Waals surface area contributed by atoms with Gasteiger partial charge in [-0.1, -0.05) is 0 Å². The number of carbonyl (C=O) groups is 2. The van der Waals surface area contributed by atoms with Crippen molar-refractivity contribution in [1.82, 2.24) is 0 Å². The van der Waals surface area contributed by atoms with E-state index in [0.29, 0.717) is 12.0 Å². The van der Waals surface area contributed by atoms with Gasteiger partial charge >= 0.3 is 5.97 Å². The molecule has 0 spiro atoms. The Hall–Kier alpha value is -2.24. The van der Waals surface area contributed by atoms with Crippen molar-refractivity contribution < 1.29 is 19.2 Å². The molecule has 1 fully saturated rings. The fourth-order valence-corrected chi connectivity index (χ4v) is 1.68. The molecule has 17 heavy (non-hydrogen) atoms. The molecule has 0 saturated carbocycles. The van der Waals surface area contributed by atoms with Crippen LogP contribution in [0.1, 0.15) is 16.8 Å². The van der Waals surface area contributed by atoms with E-state index in [4.69, 9.17) is 4.74 Å². The summed E-state index contributed by atoms with van der Waals surface area (Å²) in [6, 6.07) is 5.19. The molecule has 0 amide bonds. The van der Waals surface area contributed by atoms with Crippen LogP contribution in [0.5, 0.6) is 0 Å². The summed E-state index contributed by atoms with van der Waals surface area (Å²) in [5.41, 5.74) is 0.204. The third-order valence-electron chi connectivity index (χ3n) is 2.61. The van der Waals surface area contributed by atoms with Crippen molar-refractivity contribution in [3.63, 3.8) is 0 Å². The average Bonchev–Trinajstić information content (AvgIpc) is 2.74. The highest BCUT2D eigenvalue weighted by atomic mass is 16.6. The molecule has 0 radical (unpaired) electrons. The summed E-state index contributed by atoms with van der Waals surface area (Å²) in [7, 11) is 0. The molecular formula is C11H9NO5. The molecule has 1 aliphatic heterocycles. The molecule has 1 heterocycles. The normalized spacial score (nSPS) is 18.8. The highest BCUT2D eigenvalue weighted by Crippen LogP contribution is 2.21. The van der Waals surface area contributed by atoms with Crippen LogP contribution in [0.3, 0.4) is 0 Å². The van der Waals surface area contributed by atoms with Gasteiger partial charge in [-0.25, -0.2) is 0 Å². The molecule has 6 nitrogen and oxygen atoms in total. The van der Waals surface area contributed by atoms with Crippen molar-refractivity contribution in [3.05, 3.63) is 39.9 Å². The quantitative estimate of drug-likeness (QED) is 0.259. The summed E-state index contributed by atoms with van der Waals surface area (Å²) < 4.78 is 4.70. The van der Waals surface area contributed by atoms with Crippen LogP contribution in [0.4, 0.5) is 5.69 Å². The van der Waals surface area contributed by atoms with Gasteiger partial charge in [0.05, 0.1) is 11.5 Å². The van der Waals surface area contributed by atoms with E-state index >= 15 is 0 Å². The smallest absolute Gasteiger partial charge is 0.316 e. The Morgan fingerprint density at radius 2 is 2.00 bits per heavy atom. The third kappa shape index (κ3) is 2.15. The fraction of sp³-hybridized carbons (Fsp3) is 0.273. The number of esters is 1. The number of benzene rings is 1. The molecule has 1 unspecified atom stereocenters. The summed E-state index contributed by atoms with van der Waals surface area (Å²) in [5, 5.41) is 10.4. The van der Waals surface area contributed by atoms with Crippen LogP contribution in [-0.4, -0.2) is 23.3 Å².